The molecular weight excluding hydrogens is 240 g/mol. The van der Waals surface area contributed by atoms with Gasteiger partial charge in [-0.1, -0.05) is 18.2 Å². The minimum absolute atomic E-state index is 0.433. The van der Waals surface area contributed by atoms with Crippen molar-refractivity contribution in [2.24, 2.45) is 5.14 Å². The first-order valence-electron chi connectivity index (χ1n) is 5.14. The monoisotopic (exact) mass is 254 g/mol. The Bertz CT molecular complexity index is 600. The molecule has 0 bridgehead atoms. The Kier molecular flexibility index (Phi) is 2.94. The quantitative estimate of drug-likeness (QED) is 0.904. The first kappa shape index (κ1) is 12.1. The number of nitrogens with zero attached hydrogens (tertiary/aromatic N) is 1. The normalized spacial score (nSPS) is 14.4. The van der Waals surface area contributed by atoms with E-state index in [9.17, 15) is 8.42 Å². The van der Waals surface area contributed by atoms with Crippen LogP contribution in [0.4, 0.5) is 0 Å². The van der Waals surface area contributed by atoms with Gasteiger partial charge in [-0.2, -0.15) is 12.7 Å². The van der Waals surface area contributed by atoms with Crippen molar-refractivity contribution in [3.8, 4) is 0 Å². The Hall–Kier alpha value is -1.37. The number of furan rings is 1. The summed E-state index contributed by atoms with van der Waals surface area (Å²) in [7, 11) is -2.29. The minimum Gasteiger partial charge on any atom is -0.459 e. The Morgan fingerprint density at radius 1 is 1.35 bits per heavy atom. The van der Waals surface area contributed by atoms with Crippen molar-refractivity contribution in [3.63, 3.8) is 0 Å². The average Bonchev–Trinajstić information content (AvgIpc) is 2.69. The highest BCUT2D eigenvalue weighted by Gasteiger charge is 2.23. The Balaban J connectivity index is 2.40. The SMILES string of the molecule is C[C@@H](c1cc2ccccc2o1)N(C)S(N)(=O)=O. The number of benzene rings is 1. The maximum Gasteiger partial charge on any atom is 0.277 e. The Labute approximate surface area is 100.0 Å². The van der Waals surface area contributed by atoms with Gasteiger partial charge in [-0.25, -0.2) is 5.14 Å². The predicted octanol–water partition coefficient (Wildman–Crippen LogP) is 1.63. The molecule has 0 saturated carbocycles. The van der Waals surface area contributed by atoms with Gasteiger partial charge in [-0.05, 0) is 19.1 Å². The lowest BCUT2D eigenvalue weighted by Crippen LogP contribution is -2.35. The number of nitrogens with two attached hydrogens (primary N) is 1. The summed E-state index contributed by atoms with van der Waals surface area (Å²) in [5.74, 6) is 0.572. The first-order valence-corrected chi connectivity index (χ1v) is 6.64. The molecule has 1 aromatic heterocycles. The average molecular weight is 254 g/mol. The van der Waals surface area contributed by atoms with Gasteiger partial charge < -0.3 is 4.42 Å². The van der Waals surface area contributed by atoms with Gasteiger partial charge in [-0.3, -0.25) is 0 Å². The smallest absolute Gasteiger partial charge is 0.277 e. The third-order valence-corrected chi connectivity index (χ3v) is 3.92. The van der Waals surface area contributed by atoms with Gasteiger partial charge in [-0.15, -0.1) is 0 Å². The molecule has 6 heteroatoms. The van der Waals surface area contributed by atoms with Crippen LogP contribution in [0, 0.1) is 0 Å². The van der Waals surface area contributed by atoms with Crippen LogP contribution in [-0.4, -0.2) is 19.8 Å². The number of hydrogen-bond acceptors (Lipinski definition) is 3. The standard InChI is InChI=1S/C11H14N2O3S/c1-8(13(2)17(12,14)15)11-7-9-5-3-4-6-10(9)16-11/h3-8H,1-2H3,(H2,12,14,15)/t8-/m0/s1. The van der Waals surface area contributed by atoms with E-state index >= 15 is 0 Å². The largest absolute Gasteiger partial charge is 0.459 e. The van der Waals surface area contributed by atoms with E-state index in [1.165, 1.54) is 7.05 Å². The fourth-order valence-electron chi connectivity index (χ4n) is 1.61. The molecule has 0 aliphatic heterocycles. The van der Waals surface area contributed by atoms with E-state index in [-0.39, 0.29) is 0 Å². The van der Waals surface area contributed by atoms with Gasteiger partial charge in [0.1, 0.15) is 11.3 Å². The first-order chi connectivity index (χ1) is 7.89. The van der Waals surface area contributed by atoms with Crippen LogP contribution in [0.25, 0.3) is 11.0 Å². The van der Waals surface area contributed by atoms with Crippen molar-refractivity contribution in [1.29, 1.82) is 0 Å². The highest BCUT2D eigenvalue weighted by atomic mass is 32.2. The molecule has 1 heterocycles. The summed E-state index contributed by atoms with van der Waals surface area (Å²) in [6, 6.07) is 8.90. The molecule has 0 fully saturated rings. The molecule has 0 radical (unpaired) electrons. The summed E-state index contributed by atoms with van der Waals surface area (Å²) in [4.78, 5) is 0. The number of hydrogen-bond donors (Lipinski definition) is 1. The van der Waals surface area contributed by atoms with Crippen LogP contribution in [0.3, 0.4) is 0 Å². The molecule has 0 unspecified atom stereocenters. The lowest BCUT2D eigenvalue weighted by molar-refractivity contribution is 0.348. The third-order valence-electron chi connectivity index (χ3n) is 2.80. The maximum atomic E-state index is 11.2. The molecule has 2 N–H and O–H groups in total. The highest BCUT2D eigenvalue weighted by molar-refractivity contribution is 7.86. The fraction of sp³-hybridized carbons (Fsp3) is 0.273. The van der Waals surface area contributed by atoms with Gasteiger partial charge in [0.05, 0.1) is 6.04 Å². The van der Waals surface area contributed by atoms with Crippen molar-refractivity contribution in [2.75, 3.05) is 7.05 Å². The molecule has 17 heavy (non-hydrogen) atoms. The zero-order valence-electron chi connectivity index (χ0n) is 9.62. The van der Waals surface area contributed by atoms with Crippen molar-refractivity contribution in [1.82, 2.24) is 4.31 Å². The molecule has 2 aromatic rings. The second kappa shape index (κ2) is 4.14. The number of para-hydroxylation sites is 1. The lowest BCUT2D eigenvalue weighted by atomic mass is 10.2. The van der Waals surface area contributed by atoms with Gasteiger partial charge in [0.25, 0.3) is 10.2 Å². The molecule has 0 aliphatic rings. The molecule has 0 saturated heterocycles. The predicted molar refractivity (Wildman–Crippen MR) is 65.5 cm³/mol. The van der Waals surface area contributed by atoms with Crippen molar-refractivity contribution in [2.45, 2.75) is 13.0 Å². The maximum absolute atomic E-state index is 11.2. The molecule has 1 atom stereocenters. The highest BCUT2D eigenvalue weighted by Crippen LogP contribution is 2.27. The molecule has 0 amide bonds. The van der Waals surface area contributed by atoms with Gasteiger partial charge in [0, 0.05) is 12.4 Å². The van der Waals surface area contributed by atoms with Crippen molar-refractivity contribution in [3.05, 3.63) is 36.1 Å². The summed E-state index contributed by atoms with van der Waals surface area (Å²) in [5, 5.41) is 6.01. The molecular formula is C11H14N2O3S. The van der Waals surface area contributed by atoms with E-state index in [2.05, 4.69) is 0 Å². The van der Waals surface area contributed by atoms with Crippen LogP contribution >= 0.6 is 0 Å². The van der Waals surface area contributed by atoms with E-state index in [0.717, 1.165) is 15.3 Å². The molecule has 2 rings (SSSR count). The second-order valence-electron chi connectivity index (χ2n) is 3.92. The van der Waals surface area contributed by atoms with Crippen molar-refractivity contribution >= 4 is 21.2 Å². The molecule has 1 aromatic carbocycles. The van der Waals surface area contributed by atoms with E-state index in [4.69, 9.17) is 9.56 Å². The molecule has 0 aliphatic carbocycles. The Morgan fingerprint density at radius 3 is 2.59 bits per heavy atom. The van der Waals surface area contributed by atoms with Crippen LogP contribution in [-0.2, 0) is 10.2 Å². The number of rotatable bonds is 3. The summed E-state index contributed by atoms with van der Waals surface area (Å²) in [6.45, 7) is 1.72. The van der Waals surface area contributed by atoms with Gasteiger partial charge in [0.2, 0.25) is 0 Å². The fourth-order valence-corrected chi connectivity index (χ4v) is 2.15. The minimum atomic E-state index is -3.71. The molecule has 5 nitrogen and oxygen atoms in total. The molecule has 92 valence electrons. The Morgan fingerprint density at radius 2 is 2.00 bits per heavy atom. The van der Waals surface area contributed by atoms with E-state index in [1.54, 1.807) is 6.92 Å². The lowest BCUT2D eigenvalue weighted by Gasteiger charge is -2.19. The number of fused-ring (bicyclic) bond motifs is 1. The van der Waals surface area contributed by atoms with Gasteiger partial charge in [0.15, 0.2) is 0 Å². The third kappa shape index (κ3) is 2.33. The second-order valence-corrected chi connectivity index (χ2v) is 5.53. The zero-order chi connectivity index (χ0) is 12.6. The van der Waals surface area contributed by atoms with E-state index < -0.39 is 16.3 Å². The summed E-state index contributed by atoms with van der Waals surface area (Å²) >= 11 is 0. The van der Waals surface area contributed by atoms with Crippen LogP contribution in [0.15, 0.2) is 34.7 Å². The van der Waals surface area contributed by atoms with Crippen LogP contribution in [0.2, 0.25) is 0 Å². The zero-order valence-corrected chi connectivity index (χ0v) is 10.4. The van der Waals surface area contributed by atoms with E-state index in [1.807, 2.05) is 30.3 Å². The van der Waals surface area contributed by atoms with Gasteiger partial charge >= 0.3 is 0 Å². The van der Waals surface area contributed by atoms with Crippen LogP contribution in [0.5, 0.6) is 0 Å². The van der Waals surface area contributed by atoms with Crippen molar-refractivity contribution < 1.29 is 12.8 Å². The van der Waals surface area contributed by atoms with E-state index in [0.29, 0.717) is 5.76 Å². The summed E-state index contributed by atoms with van der Waals surface area (Å²) in [6.07, 6.45) is 0. The summed E-state index contributed by atoms with van der Waals surface area (Å²) < 4.78 is 29.1. The van der Waals surface area contributed by atoms with Crippen LogP contribution in [0.1, 0.15) is 18.7 Å². The van der Waals surface area contributed by atoms with Crippen LogP contribution < -0.4 is 5.14 Å². The molecule has 0 spiro atoms. The summed E-state index contributed by atoms with van der Waals surface area (Å²) in [5.41, 5.74) is 0.733. The topological polar surface area (TPSA) is 76.5 Å².